The number of hydrogen-bond donors (Lipinski definition) is 1. The summed E-state index contributed by atoms with van der Waals surface area (Å²) >= 11 is 0. The van der Waals surface area contributed by atoms with E-state index in [-0.39, 0.29) is 12.0 Å². The molecule has 0 fully saturated rings. The van der Waals surface area contributed by atoms with Gasteiger partial charge in [0.1, 0.15) is 11.9 Å². The Hall–Kier alpha value is -3.07. The van der Waals surface area contributed by atoms with E-state index < -0.39 is 0 Å². The summed E-state index contributed by atoms with van der Waals surface area (Å²) in [4.78, 5) is 12.1. The fraction of sp³-hybridized carbons (Fsp3) is 0.0952. The average molecular weight is 317 g/mol. The van der Waals surface area contributed by atoms with Gasteiger partial charge in [0.2, 0.25) is 0 Å². The third-order valence-electron chi connectivity index (χ3n) is 3.73. The summed E-state index contributed by atoms with van der Waals surface area (Å²) in [5, 5.41) is 2.88. The fourth-order valence-corrected chi connectivity index (χ4v) is 2.41. The monoisotopic (exact) mass is 317 g/mol. The van der Waals surface area contributed by atoms with Crippen molar-refractivity contribution in [3.63, 3.8) is 0 Å². The van der Waals surface area contributed by atoms with Crippen molar-refractivity contribution in [2.45, 2.75) is 13.0 Å². The maximum atomic E-state index is 12.1. The number of carbonyl (C=O) groups is 1. The van der Waals surface area contributed by atoms with E-state index in [1.165, 1.54) is 0 Å². The summed E-state index contributed by atoms with van der Waals surface area (Å²) in [6, 6.07) is 26.6. The summed E-state index contributed by atoms with van der Waals surface area (Å²) in [5.74, 6) is 0.644. The Bertz CT molecular complexity index is 783. The quantitative estimate of drug-likeness (QED) is 0.712. The van der Waals surface area contributed by atoms with E-state index in [0.29, 0.717) is 5.56 Å². The number of nitrogens with one attached hydrogen (secondary N) is 1. The zero-order chi connectivity index (χ0) is 16.8. The Kier molecular flexibility index (Phi) is 4.92. The van der Waals surface area contributed by atoms with Gasteiger partial charge in [0, 0.05) is 11.3 Å². The lowest BCUT2D eigenvalue weighted by atomic mass is 10.1. The average Bonchev–Trinajstić information content (AvgIpc) is 2.65. The van der Waals surface area contributed by atoms with Crippen LogP contribution in [0.1, 0.15) is 28.9 Å². The van der Waals surface area contributed by atoms with Crippen LogP contribution in [0.2, 0.25) is 0 Å². The van der Waals surface area contributed by atoms with Gasteiger partial charge in [-0.25, -0.2) is 0 Å². The molecule has 3 rings (SSSR count). The Morgan fingerprint density at radius 1 is 0.833 bits per heavy atom. The molecule has 0 saturated heterocycles. The fourth-order valence-electron chi connectivity index (χ4n) is 2.41. The molecule has 0 saturated carbocycles. The maximum Gasteiger partial charge on any atom is 0.255 e. The SMILES string of the molecule is C[C@H](Oc1ccc(NC(=O)c2ccccc2)cc1)c1ccccc1. The van der Waals surface area contributed by atoms with Gasteiger partial charge in [-0.15, -0.1) is 0 Å². The third-order valence-corrected chi connectivity index (χ3v) is 3.73. The summed E-state index contributed by atoms with van der Waals surface area (Å²) in [6.45, 7) is 2.01. The molecule has 0 unspecified atom stereocenters. The largest absolute Gasteiger partial charge is 0.486 e. The second kappa shape index (κ2) is 7.47. The first-order chi connectivity index (χ1) is 11.7. The van der Waals surface area contributed by atoms with Crippen molar-refractivity contribution in [3.8, 4) is 5.75 Å². The van der Waals surface area contributed by atoms with Crippen LogP contribution in [0.3, 0.4) is 0 Å². The number of anilines is 1. The van der Waals surface area contributed by atoms with E-state index in [1.54, 1.807) is 12.1 Å². The Morgan fingerprint density at radius 2 is 1.42 bits per heavy atom. The number of carbonyl (C=O) groups excluding carboxylic acids is 1. The smallest absolute Gasteiger partial charge is 0.255 e. The van der Waals surface area contributed by atoms with Crippen molar-refractivity contribution in [1.82, 2.24) is 0 Å². The molecule has 24 heavy (non-hydrogen) atoms. The molecule has 1 amide bonds. The number of hydrogen-bond acceptors (Lipinski definition) is 2. The molecular weight excluding hydrogens is 298 g/mol. The number of amides is 1. The lowest BCUT2D eigenvalue weighted by Gasteiger charge is -2.15. The molecule has 0 heterocycles. The molecule has 3 heteroatoms. The van der Waals surface area contributed by atoms with E-state index in [2.05, 4.69) is 5.32 Å². The predicted molar refractivity (Wildman–Crippen MR) is 96.3 cm³/mol. The van der Waals surface area contributed by atoms with Crippen LogP contribution in [0.15, 0.2) is 84.9 Å². The highest BCUT2D eigenvalue weighted by Crippen LogP contribution is 2.23. The topological polar surface area (TPSA) is 38.3 Å². The van der Waals surface area contributed by atoms with Gasteiger partial charge < -0.3 is 10.1 Å². The van der Waals surface area contributed by atoms with E-state index in [1.807, 2.05) is 79.7 Å². The van der Waals surface area contributed by atoms with Crippen molar-refractivity contribution in [2.24, 2.45) is 0 Å². The standard InChI is InChI=1S/C21H19NO2/c1-16(17-8-4-2-5-9-17)24-20-14-12-19(13-15-20)22-21(23)18-10-6-3-7-11-18/h2-16H,1H3,(H,22,23)/t16-/m0/s1. The van der Waals surface area contributed by atoms with Crippen molar-refractivity contribution in [3.05, 3.63) is 96.1 Å². The van der Waals surface area contributed by atoms with Gasteiger partial charge in [0.05, 0.1) is 0 Å². The van der Waals surface area contributed by atoms with Crippen LogP contribution in [-0.4, -0.2) is 5.91 Å². The van der Waals surface area contributed by atoms with Crippen molar-refractivity contribution >= 4 is 11.6 Å². The van der Waals surface area contributed by atoms with Crippen LogP contribution in [0.5, 0.6) is 5.75 Å². The highest BCUT2D eigenvalue weighted by molar-refractivity contribution is 6.04. The summed E-state index contributed by atoms with van der Waals surface area (Å²) in [7, 11) is 0. The molecule has 0 aliphatic rings. The van der Waals surface area contributed by atoms with Gasteiger partial charge in [-0.1, -0.05) is 48.5 Å². The molecule has 0 spiro atoms. The minimum Gasteiger partial charge on any atom is -0.486 e. The van der Waals surface area contributed by atoms with Crippen LogP contribution in [0, 0.1) is 0 Å². The van der Waals surface area contributed by atoms with E-state index >= 15 is 0 Å². The summed E-state index contributed by atoms with van der Waals surface area (Å²) in [5.41, 5.74) is 2.50. The highest BCUT2D eigenvalue weighted by atomic mass is 16.5. The zero-order valence-corrected chi connectivity index (χ0v) is 13.5. The van der Waals surface area contributed by atoms with Crippen molar-refractivity contribution in [2.75, 3.05) is 5.32 Å². The molecule has 1 N–H and O–H groups in total. The molecule has 3 aromatic carbocycles. The van der Waals surface area contributed by atoms with E-state index in [4.69, 9.17) is 4.74 Å². The lowest BCUT2D eigenvalue weighted by molar-refractivity contribution is 0.102. The molecule has 1 atom stereocenters. The molecule has 0 bridgehead atoms. The second-order valence-electron chi connectivity index (χ2n) is 5.52. The van der Waals surface area contributed by atoms with Gasteiger partial charge in [-0.3, -0.25) is 4.79 Å². The molecule has 120 valence electrons. The van der Waals surface area contributed by atoms with Crippen molar-refractivity contribution in [1.29, 1.82) is 0 Å². The van der Waals surface area contributed by atoms with Gasteiger partial charge >= 0.3 is 0 Å². The predicted octanol–water partition coefficient (Wildman–Crippen LogP) is 5.08. The van der Waals surface area contributed by atoms with Crippen LogP contribution in [-0.2, 0) is 0 Å². The molecule has 0 aliphatic heterocycles. The molecular formula is C21H19NO2. The Balaban J connectivity index is 1.62. The zero-order valence-electron chi connectivity index (χ0n) is 13.5. The first-order valence-corrected chi connectivity index (χ1v) is 7.90. The van der Waals surface area contributed by atoms with E-state index in [0.717, 1.165) is 17.0 Å². The van der Waals surface area contributed by atoms with Crippen LogP contribution >= 0.6 is 0 Å². The molecule has 3 nitrogen and oxygen atoms in total. The molecule has 0 radical (unpaired) electrons. The number of benzene rings is 3. The lowest BCUT2D eigenvalue weighted by Crippen LogP contribution is -2.11. The highest BCUT2D eigenvalue weighted by Gasteiger charge is 2.08. The number of ether oxygens (including phenoxy) is 1. The van der Waals surface area contributed by atoms with Crippen LogP contribution in [0.4, 0.5) is 5.69 Å². The van der Waals surface area contributed by atoms with E-state index in [9.17, 15) is 4.79 Å². The van der Waals surface area contributed by atoms with Gasteiger partial charge in [0.25, 0.3) is 5.91 Å². The second-order valence-corrected chi connectivity index (χ2v) is 5.52. The summed E-state index contributed by atoms with van der Waals surface area (Å²) in [6.07, 6.45) is -0.0315. The third kappa shape index (κ3) is 4.02. The van der Waals surface area contributed by atoms with Crippen molar-refractivity contribution < 1.29 is 9.53 Å². The summed E-state index contributed by atoms with van der Waals surface area (Å²) < 4.78 is 5.93. The Morgan fingerprint density at radius 3 is 2.04 bits per heavy atom. The van der Waals surface area contributed by atoms with Gasteiger partial charge in [-0.05, 0) is 48.9 Å². The van der Waals surface area contributed by atoms with Crippen LogP contribution in [0.25, 0.3) is 0 Å². The van der Waals surface area contributed by atoms with Gasteiger partial charge in [0.15, 0.2) is 0 Å². The minimum absolute atomic E-state index is 0.0315. The van der Waals surface area contributed by atoms with Crippen LogP contribution < -0.4 is 10.1 Å². The molecule has 3 aromatic rings. The maximum absolute atomic E-state index is 12.1. The normalized spacial score (nSPS) is 11.5. The number of rotatable bonds is 5. The molecule has 0 aliphatic carbocycles. The Labute approximate surface area is 141 Å². The molecule has 0 aromatic heterocycles. The first kappa shape index (κ1) is 15.8. The first-order valence-electron chi connectivity index (χ1n) is 7.90. The van der Waals surface area contributed by atoms with Gasteiger partial charge in [-0.2, -0.15) is 0 Å². The minimum atomic E-state index is -0.123.